The molecule has 496 valence electrons. The third kappa shape index (κ3) is 14.5. The Labute approximate surface area is 571 Å². The first-order valence-electron chi connectivity index (χ1n) is 36.9. The average Bonchev–Trinajstić information content (AvgIpc) is 1.25. The summed E-state index contributed by atoms with van der Waals surface area (Å²) in [5.41, 5.74) is 40.7. The van der Waals surface area contributed by atoms with Crippen LogP contribution in [-0.2, 0) is 0 Å². The van der Waals surface area contributed by atoms with Gasteiger partial charge in [0.2, 0.25) is 0 Å². The van der Waals surface area contributed by atoms with Gasteiger partial charge in [0.05, 0.1) is 0 Å². The molecule has 0 fully saturated rings. The molecule has 2 aliphatic heterocycles. The molecular weight excluding hydrogens is 1230 g/mol. The molecule has 0 nitrogen and oxygen atoms in total. The zero-order chi connectivity index (χ0) is 68.2. The van der Waals surface area contributed by atoms with Gasteiger partial charge in [-0.1, -0.05) is 0 Å². The van der Waals surface area contributed by atoms with E-state index in [1.165, 1.54) is 98.3 Å². The first kappa shape index (κ1) is 73.4. The molecule has 0 aromatic heterocycles. The molecule has 0 N–H and O–H groups in total. The van der Waals surface area contributed by atoms with Gasteiger partial charge in [0.25, 0.3) is 0 Å². The third-order valence-corrected chi connectivity index (χ3v) is 44.5. The Kier molecular flexibility index (Phi) is 23.3. The topological polar surface area (TPSA) is 0 Å². The predicted molar refractivity (Wildman–Crippen MR) is 418 cm³/mol. The minimum atomic E-state index is -3.40. The van der Waals surface area contributed by atoms with Crippen LogP contribution in [0.1, 0.15) is 345 Å². The molecule has 0 unspecified atom stereocenters. The fraction of sp³-hybridized carbons (Fsp3) is 0.533. The van der Waals surface area contributed by atoms with Crippen molar-refractivity contribution in [3.63, 3.8) is 0 Å². The van der Waals surface area contributed by atoms with Gasteiger partial charge in [0.15, 0.2) is 0 Å². The van der Waals surface area contributed by atoms with E-state index in [9.17, 15) is 0 Å². The van der Waals surface area contributed by atoms with Crippen molar-refractivity contribution in [2.75, 3.05) is 0 Å². The SMILES string of the molecule is CC1=C(C)[CH2][Ge]([CH2]/C(C)=C(\C)[CH2][Ge]2([c]3c(-c4c(C(C)C)cc(C(C)C)cc4C(C)C)cccc3-c3c(C(C)C)cc(C(C)C)cc3C(C)C)[CH2]C(C)=C(C)[CH2]2)([c]2c(-c3c(C(C)C)cc(C(C)C)cc3C(C)C)cccc2-c2c(C(C)C)cc(C(C)C)cc2C(C)C)[CH2]1. The number of allylic oxidation sites excluding steroid dienone is 6. The molecule has 0 saturated heterocycles. The summed E-state index contributed by atoms with van der Waals surface area (Å²) in [6.07, 6.45) is 0. The van der Waals surface area contributed by atoms with Crippen molar-refractivity contribution < 1.29 is 0 Å². The van der Waals surface area contributed by atoms with Crippen LogP contribution in [0.2, 0.25) is 31.5 Å². The van der Waals surface area contributed by atoms with Gasteiger partial charge in [-0.15, -0.1) is 0 Å². The zero-order valence-corrected chi connectivity index (χ0v) is 68.4. The van der Waals surface area contributed by atoms with Crippen LogP contribution in [0, 0.1) is 0 Å². The van der Waals surface area contributed by atoms with Gasteiger partial charge >= 0.3 is 575 Å². The van der Waals surface area contributed by atoms with Crippen molar-refractivity contribution in [2.24, 2.45) is 0 Å². The van der Waals surface area contributed by atoms with E-state index in [1.54, 1.807) is 86.7 Å². The molecule has 2 aliphatic rings. The summed E-state index contributed by atoms with van der Waals surface area (Å²) >= 11 is -6.79. The molecule has 0 aliphatic carbocycles. The van der Waals surface area contributed by atoms with Gasteiger partial charge < -0.3 is 0 Å². The number of rotatable bonds is 22. The van der Waals surface area contributed by atoms with E-state index in [4.69, 9.17) is 0 Å². The molecule has 6 aromatic rings. The Morgan fingerprint density at radius 1 is 0.272 bits per heavy atom. The number of benzene rings is 6. The molecule has 0 amide bonds. The van der Waals surface area contributed by atoms with Crippen molar-refractivity contribution >= 4 is 35.3 Å². The summed E-state index contributed by atoms with van der Waals surface area (Å²) in [6.45, 7) is 74.3. The van der Waals surface area contributed by atoms with Crippen LogP contribution in [0.5, 0.6) is 0 Å². The quantitative estimate of drug-likeness (QED) is 0.0469. The van der Waals surface area contributed by atoms with E-state index in [-0.39, 0.29) is 0 Å². The van der Waals surface area contributed by atoms with Crippen LogP contribution in [-0.4, -0.2) is 26.5 Å². The van der Waals surface area contributed by atoms with Gasteiger partial charge in [-0.3, -0.25) is 0 Å². The monoisotopic (exact) mass is 1360 g/mol. The van der Waals surface area contributed by atoms with Gasteiger partial charge in [0.1, 0.15) is 0 Å². The van der Waals surface area contributed by atoms with Crippen LogP contribution >= 0.6 is 0 Å². The zero-order valence-electron chi connectivity index (χ0n) is 64.3. The summed E-state index contributed by atoms with van der Waals surface area (Å²) in [7, 11) is 0. The predicted octanol–water partition coefficient (Wildman–Crippen LogP) is 27.9. The molecule has 0 spiro atoms. The van der Waals surface area contributed by atoms with Crippen molar-refractivity contribution in [3.8, 4) is 44.5 Å². The normalized spacial score (nSPS) is 15.8. The van der Waals surface area contributed by atoms with Crippen LogP contribution in [0.4, 0.5) is 0 Å². The van der Waals surface area contributed by atoms with Gasteiger partial charge in [0, 0.05) is 0 Å². The maximum absolute atomic E-state index is 3.40. The Balaban J connectivity index is 1.53. The van der Waals surface area contributed by atoms with Crippen LogP contribution < -0.4 is 8.79 Å². The van der Waals surface area contributed by atoms with Crippen molar-refractivity contribution in [1.82, 2.24) is 0 Å². The number of hydrogen-bond donors (Lipinski definition) is 0. The van der Waals surface area contributed by atoms with E-state index >= 15 is 0 Å². The van der Waals surface area contributed by atoms with Crippen molar-refractivity contribution in [1.29, 1.82) is 0 Å². The minimum absolute atomic E-state index is 0.378. The fourth-order valence-electron chi connectivity index (χ4n) is 17.0. The molecule has 0 bridgehead atoms. The average molecular weight is 1360 g/mol. The Hall–Kier alpha value is -4.37. The molecule has 0 radical (unpaired) electrons. The van der Waals surface area contributed by atoms with Crippen molar-refractivity contribution in [3.05, 3.63) is 185 Å². The summed E-state index contributed by atoms with van der Waals surface area (Å²) < 4.78 is 3.58. The van der Waals surface area contributed by atoms with Crippen LogP contribution in [0.25, 0.3) is 44.5 Å². The Morgan fingerprint density at radius 2 is 0.435 bits per heavy atom. The standard InChI is InChI=1S/C90H128Ge2/c1-51(2)69-37-77(55(9)10)85(78(38-69)56(11)12)73-33-31-34-74(86-79(57(13)14)39-70(52(3)4)40-80(86)58(15)16)89(73)91(45-63(25)64(26)46-91)49-67(29)68(30)50-92(47-65(27)66(28)48-92)90-75(87-81(59(17)18)41-71(53(5)6)42-82(87)60(19)20)35-32-36-76(90)88-83(61(21)22)43-72(54(7)8)44-84(88)62(23)24/h31-44,51-62H,45-50H2,1-30H3/b68-67+. The van der Waals surface area contributed by atoms with E-state index in [1.807, 2.05) is 0 Å². The van der Waals surface area contributed by atoms with Gasteiger partial charge in [-0.2, -0.15) is 0 Å². The summed E-state index contributed by atoms with van der Waals surface area (Å²) in [6, 6.07) is 36.7. The molecule has 92 heavy (non-hydrogen) atoms. The first-order valence-corrected chi connectivity index (χ1v) is 47.9. The van der Waals surface area contributed by atoms with E-state index in [0.29, 0.717) is 71.0 Å². The van der Waals surface area contributed by atoms with Crippen LogP contribution in [0.3, 0.4) is 0 Å². The maximum atomic E-state index is 2.67. The molecule has 2 heterocycles. The third-order valence-electron chi connectivity index (χ3n) is 22.6. The molecule has 6 aromatic carbocycles. The van der Waals surface area contributed by atoms with Crippen molar-refractivity contribution in [2.45, 2.75) is 310 Å². The van der Waals surface area contributed by atoms with Crippen LogP contribution in [0.15, 0.2) is 118 Å². The second-order valence-electron chi connectivity index (χ2n) is 33.9. The second kappa shape index (κ2) is 29.1. The molecular formula is C90H128Ge2. The fourth-order valence-corrected chi connectivity index (χ4v) is 43.9. The first-order chi connectivity index (χ1) is 43.0. The molecule has 0 saturated carbocycles. The number of hydrogen-bond acceptors (Lipinski definition) is 0. The molecule has 8 rings (SSSR count). The summed E-state index contributed by atoms with van der Waals surface area (Å²) in [5, 5.41) is 7.44. The van der Waals surface area contributed by atoms with Gasteiger partial charge in [-0.25, -0.2) is 0 Å². The molecule has 0 atom stereocenters. The summed E-state index contributed by atoms with van der Waals surface area (Å²) in [4.78, 5) is 0. The summed E-state index contributed by atoms with van der Waals surface area (Å²) in [5.74, 6) is 4.84. The van der Waals surface area contributed by atoms with E-state index < -0.39 is 26.5 Å². The Morgan fingerprint density at radius 3 is 0.576 bits per heavy atom. The van der Waals surface area contributed by atoms with E-state index in [2.05, 4.69) is 293 Å². The second-order valence-corrected chi connectivity index (χ2v) is 51.2. The van der Waals surface area contributed by atoms with Gasteiger partial charge in [-0.05, 0) is 0 Å². The Bertz CT molecular complexity index is 3200. The molecule has 2 heteroatoms. The van der Waals surface area contributed by atoms with E-state index in [0.717, 1.165) is 0 Å².